The predicted molar refractivity (Wildman–Crippen MR) is 85.7 cm³/mol. The summed E-state index contributed by atoms with van der Waals surface area (Å²) >= 11 is 0. The number of nitrogens with zero attached hydrogens (tertiary/aromatic N) is 1. The van der Waals surface area contributed by atoms with Crippen LogP contribution in [0.5, 0.6) is 0 Å². The fourth-order valence-electron chi connectivity index (χ4n) is 3.55. The van der Waals surface area contributed by atoms with Gasteiger partial charge in [-0.1, -0.05) is 0 Å². The zero-order valence-corrected chi connectivity index (χ0v) is 13.3. The molecule has 0 saturated carbocycles. The van der Waals surface area contributed by atoms with Gasteiger partial charge in [0.25, 0.3) is 5.91 Å². The predicted octanol–water partition coefficient (Wildman–Crippen LogP) is 1.86. The minimum atomic E-state index is -0.534. The number of hydrogen-bond acceptors (Lipinski definition) is 3. The smallest absolute Gasteiger partial charge is 0.253 e. The summed E-state index contributed by atoms with van der Waals surface area (Å²) in [5.41, 5.74) is 0.472. The van der Waals surface area contributed by atoms with Crippen molar-refractivity contribution in [1.29, 1.82) is 0 Å². The SMILES string of the molecule is CC(=O)Nc1cc(C(=O)N2CC[C@@H]3CNC[C@@H]3CC2)ccc1F. The lowest BCUT2D eigenvalue weighted by Gasteiger charge is -2.21. The number of nitrogens with one attached hydrogen (secondary N) is 2. The highest BCUT2D eigenvalue weighted by molar-refractivity contribution is 5.97. The first-order valence-electron chi connectivity index (χ1n) is 8.11. The van der Waals surface area contributed by atoms with Crippen LogP contribution in [0.1, 0.15) is 30.1 Å². The summed E-state index contributed by atoms with van der Waals surface area (Å²) in [5.74, 6) is 0.313. The van der Waals surface area contributed by atoms with E-state index in [1.165, 1.54) is 25.1 Å². The Morgan fingerprint density at radius 1 is 1.22 bits per heavy atom. The van der Waals surface area contributed by atoms with E-state index in [0.29, 0.717) is 17.4 Å². The molecule has 2 N–H and O–H groups in total. The van der Waals surface area contributed by atoms with Gasteiger partial charge in [0, 0.05) is 25.6 Å². The number of fused-ring (bicyclic) bond motifs is 1. The lowest BCUT2D eigenvalue weighted by atomic mass is 9.92. The lowest BCUT2D eigenvalue weighted by Crippen LogP contribution is -2.32. The van der Waals surface area contributed by atoms with Crippen molar-refractivity contribution in [2.45, 2.75) is 19.8 Å². The Morgan fingerprint density at radius 3 is 2.48 bits per heavy atom. The molecule has 1 aromatic carbocycles. The topological polar surface area (TPSA) is 61.4 Å². The molecule has 2 aliphatic rings. The zero-order chi connectivity index (χ0) is 16.4. The molecule has 2 aliphatic heterocycles. The summed E-state index contributed by atoms with van der Waals surface area (Å²) in [6.45, 7) is 4.85. The van der Waals surface area contributed by atoms with Crippen LogP contribution in [0, 0.1) is 17.7 Å². The Morgan fingerprint density at radius 2 is 1.87 bits per heavy atom. The van der Waals surface area contributed by atoms with Crippen LogP contribution >= 0.6 is 0 Å². The number of benzene rings is 1. The maximum Gasteiger partial charge on any atom is 0.253 e. The minimum Gasteiger partial charge on any atom is -0.339 e. The minimum absolute atomic E-state index is 0.0549. The first kappa shape index (κ1) is 15.9. The maximum atomic E-state index is 13.7. The highest BCUT2D eigenvalue weighted by Gasteiger charge is 2.31. The third kappa shape index (κ3) is 3.52. The van der Waals surface area contributed by atoms with Crippen LogP contribution in [0.4, 0.5) is 10.1 Å². The molecule has 1 aromatic rings. The van der Waals surface area contributed by atoms with E-state index < -0.39 is 5.82 Å². The van der Waals surface area contributed by atoms with E-state index in [4.69, 9.17) is 0 Å². The van der Waals surface area contributed by atoms with E-state index in [2.05, 4.69) is 10.6 Å². The van der Waals surface area contributed by atoms with E-state index in [1.807, 2.05) is 4.90 Å². The number of anilines is 1. The van der Waals surface area contributed by atoms with Crippen LogP contribution in [-0.2, 0) is 4.79 Å². The van der Waals surface area contributed by atoms with Crippen LogP contribution in [0.15, 0.2) is 18.2 Å². The standard InChI is InChI=1S/C17H22FN3O2/c1-11(22)20-16-8-12(2-3-15(16)18)17(23)21-6-4-13-9-19-10-14(13)5-7-21/h2-3,8,13-14,19H,4-7,9-10H2,1H3,(H,20,22)/t13-,14+. The van der Waals surface area contributed by atoms with Gasteiger partial charge in [0.15, 0.2) is 0 Å². The Hall–Kier alpha value is -1.95. The zero-order valence-electron chi connectivity index (χ0n) is 13.3. The molecule has 23 heavy (non-hydrogen) atoms. The van der Waals surface area contributed by atoms with E-state index in [0.717, 1.165) is 39.0 Å². The van der Waals surface area contributed by atoms with Gasteiger partial charge in [0.05, 0.1) is 5.69 Å². The summed E-state index contributed by atoms with van der Waals surface area (Å²) in [5, 5.41) is 5.84. The molecule has 2 amide bonds. The molecule has 3 rings (SSSR count). The number of rotatable bonds is 2. The normalized spacial score (nSPS) is 24.0. The molecule has 0 bridgehead atoms. The number of carbonyl (C=O) groups is 2. The second-order valence-corrected chi connectivity index (χ2v) is 6.42. The molecule has 0 spiro atoms. The molecule has 0 aliphatic carbocycles. The summed E-state index contributed by atoms with van der Waals surface area (Å²) in [6, 6.07) is 4.14. The number of carbonyl (C=O) groups excluding carboxylic acids is 2. The monoisotopic (exact) mass is 319 g/mol. The number of likely N-dealkylation sites (tertiary alicyclic amines) is 1. The molecule has 2 atom stereocenters. The van der Waals surface area contributed by atoms with E-state index >= 15 is 0 Å². The van der Waals surface area contributed by atoms with Gasteiger partial charge in [-0.25, -0.2) is 4.39 Å². The molecular formula is C17H22FN3O2. The Kier molecular flexibility index (Phi) is 4.61. The first-order valence-corrected chi connectivity index (χ1v) is 8.11. The highest BCUT2D eigenvalue weighted by atomic mass is 19.1. The molecule has 2 saturated heterocycles. The third-order valence-electron chi connectivity index (χ3n) is 4.83. The fourth-order valence-corrected chi connectivity index (χ4v) is 3.55. The number of hydrogen-bond donors (Lipinski definition) is 2. The summed E-state index contributed by atoms with van der Waals surface area (Å²) < 4.78 is 13.7. The van der Waals surface area contributed by atoms with Crippen molar-refractivity contribution in [2.75, 3.05) is 31.5 Å². The quantitative estimate of drug-likeness (QED) is 0.874. The van der Waals surface area contributed by atoms with E-state index in [1.54, 1.807) is 0 Å². The first-order chi connectivity index (χ1) is 11.0. The van der Waals surface area contributed by atoms with Crippen molar-refractivity contribution >= 4 is 17.5 Å². The lowest BCUT2D eigenvalue weighted by molar-refractivity contribution is -0.114. The molecule has 2 heterocycles. The van der Waals surface area contributed by atoms with Gasteiger partial charge in [-0.05, 0) is 56.0 Å². The average molecular weight is 319 g/mol. The Bertz CT molecular complexity index is 606. The van der Waals surface area contributed by atoms with Gasteiger partial charge < -0.3 is 15.5 Å². The van der Waals surface area contributed by atoms with Crippen LogP contribution < -0.4 is 10.6 Å². The van der Waals surface area contributed by atoms with Gasteiger partial charge in [-0.2, -0.15) is 0 Å². The fraction of sp³-hybridized carbons (Fsp3) is 0.529. The number of halogens is 1. The largest absolute Gasteiger partial charge is 0.339 e. The van der Waals surface area contributed by atoms with Crippen molar-refractivity contribution in [2.24, 2.45) is 11.8 Å². The van der Waals surface area contributed by atoms with E-state index in [-0.39, 0.29) is 17.5 Å². The Balaban J connectivity index is 1.73. The molecule has 0 radical (unpaired) electrons. The maximum absolute atomic E-state index is 13.7. The van der Waals surface area contributed by atoms with Gasteiger partial charge in [-0.15, -0.1) is 0 Å². The van der Waals surface area contributed by atoms with Gasteiger partial charge in [0.1, 0.15) is 5.82 Å². The van der Waals surface area contributed by atoms with Crippen LogP contribution in [-0.4, -0.2) is 42.9 Å². The van der Waals surface area contributed by atoms with Crippen molar-refractivity contribution in [3.63, 3.8) is 0 Å². The van der Waals surface area contributed by atoms with Crippen molar-refractivity contribution in [3.8, 4) is 0 Å². The summed E-state index contributed by atoms with van der Waals surface area (Å²) in [7, 11) is 0. The van der Waals surface area contributed by atoms with Gasteiger partial charge >= 0.3 is 0 Å². The molecule has 2 fully saturated rings. The number of amides is 2. The molecule has 6 heteroatoms. The van der Waals surface area contributed by atoms with Crippen LogP contribution in [0.2, 0.25) is 0 Å². The second-order valence-electron chi connectivity index (χ2n) is 6.42. The molecule has 0 aromatic heterocycles. The van der Waals surface area contributed by atoms with Crippen molar-refractivity contribution < 1.29 is 14.0 Å². The Labute approximate surface area is 135 Å². The summed E-state index contributed by atoms with van der Waals surface area (Å²) in [4.78, 5) is 25.7. The molecule has 5 nitrogen and oxygen atoms in total. The highest BCUT2D eigenvalue weighted by Crippen LogP contribution is 2.28. The second kappa shape index (κ2) is 6.66. The molecule has 0 unspecified atom stereocenters. The third-order valence-corrected chi connectivity index (χ3v) is 4.83. The van der Waals surface area contributed by atoms with Crippen molar-refractivity contribution in [3.05, 3.63) is 29.6 Å². The van der Waals surface area contributed by atoms with Gasteiger partial charge in [-0.3, -0.25) is 9.59 Å². The molecule has 124 valence electrons. The van der Waals surface area contributed by atoms with Crippen LogP contribution in [0.25, 0.3) is 0 Å². The van der Waals surface area contributed by atoms with Gasteiger partial charge in [0.2, 0.25) is 5.91 Å². The molecular weight excluding hydrogens is 297 g/mol. The average Bonchev–Trinajstić information content (AvgIpc) is 2.87. The van der Waals surface area contributed by atoms with Crippen LogP contribution in [0.3, 0.4) is 0 Å². The van der Waals surface area contributed by atoms with E-state index in [9.17, 15) is 14.0 Å². The summed E-state index contributed by atoms with van der Waals surface area (Å²) in [6.07, 6.45) is 2.01. The van der Waals surface area contributed by atoms with Crippen molar-refractivity contribution in [1.82, 2.24) is 10.2 Å².